The maximum atomic E-state index is 11.5. The van der Waals surface area contributed by atoms with E-state index in [-0.39, 0.29) is 41.1 Å². The third-order valence-corrected chi connectivity index (χ3v) is 14.2. The van der Waals surface area contributed by atoms with Crippen molar-refractivity contribution in [2.45, 2.75) is 104 Å². The van der Waals surface area contributed by atoms with Gasteiger partial charge in [0.15, 0.2) is 0 Å². The molecule has 2 bridgehead atoms. The summed E-state index contributed by atoms with van der Waals surface area (Å²) in [5, 5.41) is 23.1. The number of fused-ring (bicyclic) bond motifs is 3. The van der Waals surface area contributed by atoms with Crippen molar-refractivity contribution in [2.75, 3.05) is 13.9 Å². The van der Waals surface area contributed by atoms with Crippen LogP contribution in [0.15, 0.2) is 24.0 Å². The molecule has 0 aromatic rings. The Hall–Kier alpha value is -0.663. The van der Waals surface area contributed by atoms with Crippen LogP contribution in [0.1, 0.15) is 67.2 Å². The molecule has 0 heterocycles. The predicted molar refractivity (Wildman–Crippen MR) is 135 cm³/mol. The largest absolute Gasteiger partial charge is 0.547 e. The van der Waals surface area contributed by atoms with Gasteiger partial charge >= 0.3 is 0 Å². The summed E-state index contributed by atoms with van der Waals surface area (Å²) in [5.41, 5.74) is 0.350. The lowest BCUT2D eigenvalue weighted by Gasteiger charge is -2.58. The van der Waals surface area contributed by atoms with Gasteiger partial charge in [-0.1, -0.05) is 48.1 Å². The minimum atomic E-state index is -2.02. The molecule has 3 rings (SSSR count). The summed E-state index contributed by atoms with van der Waals surface area (Å²) in [7, 11) is -0.394. The van der Waals surface area contributed by atoms with Crippen LogP contribution >= 0.6 is 0 Å². The number of aliphatic hydroxyl groups excluding tert-OH is 2. The highest BCUT2D eigenvalue weighted by Crippen LogP contribution is 2.60. The molecule has 0 amide bonds. The van der Waals surface area contributed by atoms with E-state index in [0.29, 0.717) is 0 Å². The number of rotatable bonds is 5. The zero-order valence-electron chi connectivity index (χ0n) is 22.4. The third-order valence-electron chi connectivity index (χ3n) is 9.82. The molecule has 0 spiro atoms. The van der Waals surface area contributed by atoms with Crippen LogP contribution in [0, 0.1) is 28.6 Å². The van der Waals surface area contributed by atoms with Gasteiger partial charge in [-0.3, -0.25) is 0 Å². The number of hydrogen-bond donors (Lipinski definition) is 2. The standard InChI is InChI=1S/C27H48O5Si/c1-17-19-15-20-22(32-33(9,10)25(2,3)4)12-11-18(26(20,5)6)23(28)24(29)27(19,7)14-13-21(17)31-16-30-8/h12,18-21,23-24,28-29H,1,11,13-16H2,2-10H3/t18?,19-,20?,21+,23-,24+,27-/m1/s1. The first-order valence-electron chi connectivity index (χ1n) is 12.6. The van der Waals surface area contributed by atoms with Crippen molar-refractivity contribution in [1.29, 1.82) is 0 Å². The molecule has 7 atom stereocenters. The van der Waals surface area contributed by atoms with Crippen LogP contribution in [-0.4, -0.2) is 50.7 Å². The van der Waals surface area contributed by atoms with Crippen molar-refractivity contribution < 1.29 is 24.1 Å². The number of methoxy groups -OCH3 is 1. The Labute approximate surface area is 202 Å². The normalized spacial score (nSPS) is 39.2. The van der Waals surface area contributed by atoms with Gasteiger partial charge in [-0.15, -0.1) is 0 Å². The molecular weight excluding hydrogens is 432 g/mol. The van der Waals surface area contributed by atoms with Crippen LogP contribution < -0.4 is 0 Å². The van der Waals surface area contributed by atoms with Gasteiger partial charge in [0.05, 0.1) is 24.1 Å². The van der Waals surface area contributed by atoms with Gasteiger partial charge in [-0.2, -0.15) is 0 Å². The molecule has 3 aliphatic rings. The fraction of sp³-hybridized carbons (Fsp3) is 0.852. The SMILES string of the molecule is C=C1[C@@H](OCOC)CC[C@]2(C)[C@@H]1CC1C(O[Si](C)(C)C(C)(C)C)=CCC([C@@H](O)[C@@H]2O)C1(C)C. The van der Waals surface area contributed by atoms with Gasteiger partial charge in [0, 0.05) is 18.4 Å². The van der Waals surface area contributed by atoms with Gasteiger partial charge in [0.1, 0.15) is 6.79 Å². The highest BCUT2D eigenvalue weighted by Gasteiger charge is 2.58. The molecular formula is C27H48O5Si. The van der Waals surface area contributed by atoms with Crippen molar-refractivity contribution in [3.63, 3.8) is 0 Å². The van der Waals surface area contributed by atoms with E-state index >= 15 is 0 Å². The summed E-state index contributed by atoms with van der Waals surface area (Å²) in [6.45, 7) is 22.7. The van der Waals surface area contributed by atoms with Crippen molar-refractivity contribution in [3.8, 4) is 0 Å². The second-order valence-electron chi connectivity index (χ2n) is 13.1. The minimum absolute atomic E-state index is 0.0160. The van der Waals surface area contributed by atoms with Gasteiger partial charge in [0.2, 0.25) is 8.32 Å². The minimum Gasteiger partial charge on any atom is -0.547 e. The first kappa shape index (κ1) is 26.9. The first-order chi connectivity index (χ1) is 15.1. The smallest absolute Gasteiger partial charge is 0.250 e. The lowest BCUT2D eigenvalue weighted by Crippen LogP contribution is -2.59. The molecule has 6 heteroatoms. The van der Waals surface area contributed by atoms with E-state index in [0.717, 1.165) is 37.0 Å². The molecule has 33 heavy (non-hydrogen) atoms. The first-order valence-corrected chi connectivity index (χ1v) is 15.5. The van der Waals surface area contributed by atoms with Crippen LogP contribution in [0.2, 0.25) is 18.1 Å². The molecule has 0 aromatic heterocycles. The van der Waals surface area contributed by atoms with E-state index in [4.69, 9.17) is 13.9 Å². The van der Waals surface area contributed by atoms with Gasteiger partial charge in [-0.05, 0) is 72.7 Å². The number of ether oxygens (including phenoxy) is 2. The van der Waals surface area contributed by atoms with E-state index in [1.807, 2.05) is 0 Å². The zero-order valence-corrected chi connectivity index (χ0v) is 23.4. The highest BCUT2D eigenvalue weighted by molar-refractivity contribution is 6.74. The van der Waals surface area contributed by atoms with Gasteiger partial charge in [0.25, 0.3) is 0 Å². The summed E-state index contributed by atoms with van der Waals surface area (Å²) >= 11 is 0. The van der Waals surface area contributed by atoms with Crippen LogP contribution in [0.25, 0.3) is 0 Å². The molecule has 0 radical (unpaired) electrons. The monoisotopic (exact) mass is 480 g/mol. The van der Waals surface area contributed by atoms with Crippen molar-refractivity contribution in [3.05, 3.63) is 24.0 Å². The number of allylic oxidation sites excluding steroid dienone is 2. The highest BCUT2D eigenvalue weighted by atomic mass is 28.4. The average molecular weight is 481 g/mol. The Morgan fingerprint density at radius 3 is 2.36 bits per heavy atom. The van der Waals surface area contributed by atoms with E-state index in [2.05, 4.69) is 67.3 Å². The molecule has 0 aromatic carbocycles. The summed E-state index contributed by atoms with van der Waals surface area (Å²) in [4.78, 5) is 0. The van der Waals surface area contributed by atoms with Crippen molar-refractivity contribution >= 4 is 8.32 Å². The molecule has 2 N–H and O–H groups in total. The maximum absolute atomic E-state index is 11.5. The van der Waals surface area contributed by atoms with Crippen molar-refractivity contribution in [2.24, 2.45) is 28.6 Å². The van der Waals surface area contributed by atoms with Crippen LogP contribution in [0.3, 0.4) is 0 Å². The topological polar surface area (TPSA) is 68.2 Å². The zero-order chi connectivity index (χ0) is 25.0. The fourth-order valence-electron chi connectivity index (χ4n) is 6.28. The second kappa shape index (κ2) is 9.09. The van der Waals surface area contributed by atoms with Crippen LogP contribution in [0.4, 0.5) is 0 Å². The molecule has 2 fully saturated rings. The third kappa shape index (κ3) is 4.63. The maximum Gasteiger partial charge on any atom is 0.250 e. The molecule has 3 aliphatic carbocycles. The molecule has 0 aliphatic heterocycles. The Bertz CT molecular complexity index is 767. The Morgan fingerprint density at radius 1 is 1.15 bits per heavy atom. The lowest BCUT2D eigenvalue weighted by atomic mass is 9.50. The van der Waals surface area contributed by atoms with Gasteiger partial charge in [-0.25, -0.2) is 0 Å². The average Bonchev–Trinajstić information content (AvgIpc) is 2.69. The number of hydrogen-bond acceptors (Lipinski definition) is 5. The predicted octanol–water partition coefficient (Wildman–Crippen LogP) is 5.64. The molecule has 2 unspecified atom stereocenters. The summed E-state index contributed by atoms with van der Waals surface area (Å²) in [6.07, 6.45) is 3.66. The quantitative estimate of drug-likeness (QED) is 0.303. The Balaban J connectivity index is 2.04. The van der Waals surface area contributed by atoms with E-state index in [9.17, 15) is 10.2 Å². The van der Waals surface area contributed by atoms with E-state index in [1.165, 1.54) is 0 Å². The van der Waals surface area contributed by atoms with E-state index < -0.39 is 25.9 Å². The van der Waals surface area contributed by atoms with E-state index in [1.54, 1.807) is 7.11 Å². The van der Waals surface area contributed by atoms with Crippen molar-refractivity contribution in [1.82, 2.24) is 0 Å². The summed E-state index contributed by atoms with van der Waals surface area (Å²) < 4.78 is 18.1. The Kier molecular flexibility index (Phi) is 7.42. The molecule has 190 valence electrons. The van der Waals surface area contributed by atoms with Crippen LogP contribution in [-0.2, 0) is 13.9 Å². The summed E-state index contributed by atoms with van der Waals surface area (Å²) in [5.74, 6) is 1.24. The molecule has 0 saturated heterocycles. The second-order valence-corrected chi connectivity index (χ2v) is 17.8. The Morgan fingerprint density at radius 2 is 1.79 bits per heavy atom. The van der Waals surface area contributed by atoms with Gasteiger partial charge < -0.3 is 24.1 Å². The summed E-state index contributed by atoms with van der Waals surface area (Å²) in [6, 6.07) is 0. The lowest BCUT2D eigenvalue weighted by molar-refractivity contribution is -0.167. The molecule has 2 saturated carbocycles. The fourth-order valence-corrected chi connectivity index (χ4v) is 7.41. The molecule has 5 nitrogen and oxygen atoms in total. The number of aliphatic hydroxyl groups is 2. The van der Waals surface area contributed by atoms with Crippen LogP contribution in [0.5, 0.6) is 0 Å².